The SMILES string of the molecule is CC(=O)n1cc(C(=O)Nc2ccccc2C)c2ccc(Cl)cc21. The fourth-order valence-electron chi connectivity index (χ4n) is 2.54. The highest BCUT2D eigenvalue weighted by Crippen LogP contribution is 2.26. The maximum Gasteiger partial charge on any atom is 0.257 e. The van der Waals surface area contributed by atoms with Gasteiger partial charge in [-0.15, -0.1) is 0 Å². The zero-order valence-corrected chi connectivity index (χ0v) is 13.5. The van der Waals surface area contributed by atoms with E-state index >= 15 is 0 Å². The second kappa shape index (κ2) is 5.89. The Bertz CT molecular complexity index is 928. The minimum absolute atomic E-state index is 0.174. The zero-order valence-electron chi connectivity index (χ0n) is 12.8. The summed E-state index contributed by atoms with van der Waals surface area (Å²) in [5.74, 6) is -0.432. The molecule has 0 unspecified atom stereocenters. The smallest absolute Gasteiger partial charge is 0.257 e. The van der Waals surface area contributed by atoms with Gasteiger partial charge in [-0.3, -0.25) is 14.2 Å². The van der Waals surface area contributed by atoms with Crippen LogP contribution in [0.25, 0.3) is 10.9 Å². The summed E-state index contributed by atoms with van der Waals surface area (Å²) in [5.41, 5.74) is 2.78. The highest BCUT2D eigenvalue weighted by Gasteiger charge is 2.17. The first-order valence-electron chi connectivity index (χ1n) is 7.16. The van der Waals surface area contributed by atoms with E-state index < -0.39 is 0 Å². The van der Waals surface area contributed by atoms with Gasteiger partial charge in [-0.2, -0.15) is 0 Å². The van der Waals surface area contributed by atoms with Gasteiger partial charge in [0.15, 0.2) is 0 Å². The number of aromatic nitrogens is 1. The molecule has 0 radical (unpaired) electrons. The molecule has 1 heterocycles. The molecule has 0 aliphatic carbocycles. The Morgan fingerprint density at radius 2 is 1.87 bits per heavy atom. The maximum absolute atomic E-state index is 12.6. The summed E-state index contributed by atoms with van der Waals surface area (Å²) in [6, 6.07) is 12.7. The summed E-state index contributed by atoms with van der Waals surface area (Å²) in [4.78, 5) is 24.4. The van der Waals surface area contributed by atoms with Gasteiger partial charge in [-0.1, -0.05) is 35.9 Å². The Kier molecular flexibility index (Phi) is 3.92. The number of nitrogens with one attached hydrogen (secondary N) is 1. The van der Waals surface area contributed by atoms with Gasteiger partial charge >= 0.3 is 0 Å². The molecule has 4 nitrogen and oxygen atoms in total. The average Bonchev–Trinajstić information content (AvgIpc) is 2.88. The first kappa shape index (κ1) is 15.3. The summed E-state index contributed by atoms with van der Waals surface area (Å²) in [6.45, 7) is 3.37. The lowest BCUT2D eigenvalue weighted by atomic mass is 10.1. The number of rotatable bonds is 2. The van der Waals surface area contributed by atoms with Crippen LogP contribution < -0.4 is 5.32 Å². The number of fused-ring (bicyclic) bond motifs is 1. The van der Waals surface area contributed by atoms with E-state index in [1.54, 1.807) is 24.4 Å². The molecule has 5 heteroatoms. The first-order valence-corrected chi connectivity index (χ1v) is 7.53. The number of nitrogens with zero attached hydrogens (tertiary/aromatic N) is 1. The molecular weight excluding hydrogens is 312 g/mol. The predicted molar refractivity (Wildman–Crippen MR) is 92.4 cm³/mol. The van der Waals surface area contributed by atoms with Crippen LogP contribution in [0.3, 0.4) is 0 Å². The van der Waals surface area contributed by atoms with E-state index in [0.717, 1.165) is 11.3 Å². The molecule has 116 valence electrons. The minimum Gasteiger partial charge on any atom is -0.322 e. The predicted octanol–water partition coefficient (Wildman–Crippen LogP) is 4.52. The quantitative estimate of drug-likeness (QED) is 0.753. The lowest BCUT2D eigenvalue weighted by molar-refractivity contribution is 0.0941. The van der Waals surface area contributed by atoms with Gasteiger partial charge in [0.05, 0.1) is 11.1 Å². The minimum atomic E-state index is -0.258. The molecule has 3 rings (SSSR count). The molecular formula is C18H15ClN2O2. The molecule has 0 spiro atoms. The fourth-order valence-corrected chi connectivity index (χ4v) is 2.71. The highest BCUT2D eigenvalue weighted by molar-refractivity contribution is 6.31. The van der Waals surface area contributed by atoms with Gasteiger partial charge in [-0.05, 0) is 30.7 Å². The number of carbonyl (C=O) groups is 2. The van der Waals surface area contributed by atoms with Gasteiger partial charge < -0.3 is 5.32 Å². The molecule has 0 atom stereocenters. The topological polar surface area (TPSA) is 51.1 Å². The number of amides is 1. The lowest BCUT2D eigenvalue weighted by Crippen LogP contribution is -2.12. The zero-order chi connectivity index (χ0) is 16.6. The van der Waals surface area contributed by atoms with Crippen LogP contribution in [0.5, 0.6) is 0 Å². The number of hydrogen-bond donors (Lipinski definition) is 1. The van der Waals surface area contributed by atoms with Crippen LogP contribution in [0.2, 0.25) is 5.02 Å². The van der Waals surface area contributed by atoms with E-state index in [4.69, 9.17) is 11.6 Å². The van der Waals surface area contributed by atoms with Crippen molar-refractivity contribution in [1.29, 1.82) is 0 Å². The van der Waals surface area contributed by atoms with Crippen molar-refractivity contribution in [2.75, 3.05) is 5.32 Å². The van der Waals surface area contributed by atoms with Crippen molar-refractivity contribution in [3.63, 3.8) is 0 Å². The molecule has 0 aliphatic rings. The molecule has 0 saturated heterocycles. The van der Waals surface area contributed by atoms with Crippen molar-refractivity contribution in [1.82, 2.24) is 4.57 Å². The van der Waals surface area contributed by atoms with E-state index in [2.05, 4.69) is 5.32 Å². The second-order valence-corrected chi connectivity index (χ2v) is 5.80. The summed E-state index contributed by atoms with van der Waals surface area (Å²) in [5, 5.41) is 4.10. The Labute approximate surface area is 138 Å². The fraction of sp³-hybridized carbons (Fsp3) is 0.111. The van der Waals surface area contributed by atoms with E-state index in [1.165, 1.54) is 11.5 Å². The molecule has 0 bridgehead atoms. The standard InChI is InChI=1S/C18H15ClN2O2/c1-11-5-3-4-6-16(11)20-18(23)15-10-21(12(2)22)17-9-13(19)7-8-14(15)17/h3-10H,1-2H3,(H,20,23). The number of para-hydroxylation sites is 1. The van der Waals surface area contributed by atoms with Crippen LogP contribution in [-0.4, -0.2) is 16.4 Å². The van der Waals surface area contributed by atoms with Crippen molar-refractivity contribution in [2.24, 2.45) is 0 Å². The van der Waals surface area contributed by atoms with Gasteiger partial charge in [0.1, 0.15) is 0 Å². The summed E-state index contributed by atoms with van der Waals surface area (Å²) in [7, 11) is 0. The number of hydrogen-bond acceptors (Lipinski definition) is 2. The van der Waals surface area contributed by atoms with Crippen molar-refractivity contribution >= 4 is 40.0 Å². The number of halogens is 1. The van der Waals surface area contributed by atoms with Crippen molar-refractivity contribution < 1.29 is 9.59 Å². The lowest BCUT2D eigenvalue weighted by Gasteiger charge is -2.07. The molecule has 1 N–H and O–H groups in total. The number of benzene rings is 2. The van der Waals surface area contributed by atoms with E-state index in [0.29, 0.717) is 21.5 Å². The maximum atomic E-state index is 12.6. The summed E-state index contributed by atoms with van der Waals surface area (Å²) >= 11 is 6.01. The largest absolute Gasteiger partial charge is 0.322 e. The summed E-state index contributed by atoms with van der Waals surface area (Å²) < 4.78 is 1.44. The van der Waals surface area contributed by atoms with Crippen molar-refractivity contribution in [3.8, 4) is 0 Å². The summed E-state index contributed by atoms with van der Waals surface area (Å²) in [6.07, 6.45) is 1.55. The molecule has 3 aromatic rings. The average molecular weight is 327 g/mol. The Balaban J connectivity index is 2.07. The van der Waals surface area contributed by atoms with Crippen LogP contribution in [0.15, 0.2) is 48.7 Å². The molecule has 23 heavy (non-hydrogen) atoms. The van der Waals surface area contributed by atoms with E-state index in [9.17, 15) is 9.59 Å². The molecule has 0 aliphatic heterocycles. The number of aryl methyl sites for hydroxylation is 1. The van der Waals surface area contributed by atoms with E-state index in [-0.39, 0.29) is 11.8 Å². The third-order valence-electron chi connectivity index (χ3n) is 3.74. The normalized spacial score (nSPS) is 10.7. The Morgan fingerprint density at radius 1 is 1.13 bits per heavy atom. The molecule has 0 saturated carbocycles. The molecule has 1 aromatic heterocycles. The van der Waals surface area contributed by atoms with Gasteiger partial charge in [0.25, 0.3) is 5.91 Å². The van der Waals surface area contributed by atoms with E-state index in [1.807, 2.05) is 31.2 Å². The van der Waals surface area contributed by atoms with Crippen LogP contribution in [0.1, 0.15) is 27.6 Å². The van der Waals surface area contributed by atoms with Crippen molar-refractivity contribution in [2.45, 2.75) is 13.8 Å². The van der Waals surface area contributed by atoms with Crippen LogP contribution in [-0.2, 0) is 0 Å². The molecule has 2 aromatic carbocycles. The molecule has 0 fully saturated rings. The van der Waals surface area contributed by atoms with Crippen LogP contribution in [0.4, 0.5) is 5.69 Å². The highest BCUT2D eigenvalue weighted by atomic mass is 35.5. The Morgan fingerprint density at radius 3 is 2.57 bits per heavy atom. The van der Waals surface area contributed by atoms with Crippen LogP contribution >= 0.6 is 11.6 Å². The third-order valence-corrected chi connectivity index (χ3v) is 3.98. The number of anilines is 1. The molecule has 1 amide bonds. The van der Waals surface area contributed by atoms with Gasteiger partial charge in [-0.25, -0.2) is 0 Å². The third kappa shape index (κ3) is 2.85. The monoisotopic (exact) mass is 326 g/mol. The van der Waals surface area contributed by atoms with Gasteiger partial charge in [0.2, 0.25) is 5.91 Å². The van der Waals surface area contributed by atoms with Gasteiger partial charge in [0, 0.05) is 29.2 Å². The van der Waals surface area contributed by atoms with Crippen molar-refractivity contribution in [3.05, 3.63) is 64.8 Å². The first-order chi connectivity index (χ1) is 11.0. The Hall–Kier alpha value is -2.59. The second-order valence-electron chi connectivity index (χ2n) is 5.36. The van der Waals surface area contributed by atoms with Crippen LogP contribution in [0, 0.1) is 6.92 Å². The number of carbonyl (C=O) groups excluding carboxylic acids is 2.